The van der Waals surface area contributed by atoms with Gasteiger partial charge < -0.3 is 10.2 Å². The summed E-state index contributed by atoms with van der Waals surface area (Å²) >= 11 is 1.15. The standard InChI is InChI=1S/C19H20F3N3OS/c20-19(21,22)15-4-2-1-3-14(15)16-11-27-18(23-16)24-17(26)12-7-9-25(10-8-12)13-5-6-13/h1-4,11-13H,5-10H2,(H,23,24,26). The Morgan fingerprint density at radius 2 is 1.85 bits per heavy atom. The van der Waals surface area contributed by atoms with Crippen LogP contribution in [0.2, 0.25) is 0 Å². The van der Waals surface area contributed by atoms with Gasteiger partial charge in [-0.25, -0.2) is 4.98 Å². The van der Waals surface area contributed by atoms with Crippen LogP contribution in [-0.2, 0) is 11.0 Å². The van der Waals surface area contributed by atoms with Crippen molar-refractivity contribution in [2.45, 2.75) is 37.9 Å². The quantitative estimate of drug-likeness (QED) is 0.820. The minimum absolute atomic E-state index is 0.0273. The molecule has 0 unspecified atom stereocenters. The van der Waals surface area contributed by atoms with Crippen LogP contribution in [0.3, 0.4) is 0 Å². The molecule has 144 valence electrons. The molecular weight excluding hydrogens is 375 g/mol. The molecule has 1 aromatic carbocycles. The van der Waals surface area contributed by atoms with Crippen molar-refractivity contribution in [3.05, 3.63) is 35.2 Å². The minimum atomic E-state index is -4.45. The van der Waals surface area contributed by atoms with Gasteiger partial charge in [0.05, 0.1) is 11.3 Å². The average molecular weight is 395 g/mol. The summed E-state index contributed by atoms with van der Waals surface area (Å²) in [6.07, 6.45) is -0.287. The SMILES string of the molecule is O=C(Nc1nc(-c2ccccc2C(F)(F)F)cs1)C1CCN(C2CC2)CC1. The van der Waals surface area contributed by atoms with E-state index in [0.717, 1.165) is 43.3 Å². The number of nitrogens with one attached hydrogen (secondary N) is 1. The van der Waals surface area contributed by atoms with Crippen LogP contribution >= 0.6 is 11.3 Å². The Morgan fingerprint density at radius 3 is 2.52 bits per heavy atom. The molecule has 0 atom stereocenters. The Hall–Kier alpha value is -1.93. The first-order valence-corrected chi connectivity index (χ1v) is 9.97. The number of anilines is 1. The van der Waals surface area contributed by atoms with Gasteiger partial charge in [0.1, 0.15) is 0 Å². The normalized spacial score (nSPS) is 19.2. The number of rotatable bonds is 4. The third-order valence-electron chi connectivity index (χ3n) is 5.21. The number of carbonyl (C=O) groups is 1. The van der Waals surface area contributed by atoms with Crippen LogP contribution in [0.15, 0.2) is 29.6 Å². The summed E-state index contributed by atoms with van der Waals surface area (Å²) in [5.41, 5.74) is -0.466. The van der Waals surface area contributed by atoms with E-state index in [0.29, 0.717) is 11.2 Å². The number of hydrogen-bond acceptors (Lipinski definition) is 4. The molecular formula is C19H20F3N3OS. The summed E-state index contributed by atoms with van der Waals surface area (Å²) in [4.78, 5) is 19.2. The van der Waals surface area contributed by atoms with E-state index in [2.05, 4.69) is 15.2 Å². The Bertz CT molecular complexity index is 824. The molecule has 1 aliphatic heterocycles. The highest BCUT2D eigenvalue weighted by molar-refractivity contribution is 7.14. The Balaban J connectivity index is 1.42. The Kier molecular flexibility index (Phi) is 4.94. The van der Waals surface area contributed by atoms with Gasteiger partial charge in [0, 0.05) is 22.9 Å². The molecule has 1 N–H and O–H groups in total. The minimum Gasteiger partial charge on any atom is -0.302 e. The zero-order chi connectivity index (χ0) is 19.0. The van der Waals surface area contributed by atoms with Crippen LogP contribution in [0.5, 0.6) is 0 Å². The highest BCUT2D eigenvalue weighted by atomic mass is 32.1. The van der Waals surface area contributed by atoms with Crippen molar-refractivity contribution in [2.24, 2.45) is 5.92 Å². The molecule has 1 amide bonds. The highest BCUT2D eigenvalue weighted by Gasteiger charge is 2.35. The van der Waals surface area contributed by atoms with Crippen molar-refractivity contribution >= 4 is 22.4 Å². The summed E-state index contributed by atoms with van der Waals surface area (Å²) in [6.45, 7) is 1.87. The number of hydrogen-bond donors (Lipinski definition) is 1. The summed E-state index contributed by atoms with van der Waals surface area (Å²) in [5.74, 6) is -0.148. The van der Waals surface area contributed by atoms with E-state index in [1.165, 1.54) is 25.0 Å². The zero-order valence-corrected chi connectivity index (χ0v) is 15.4. The van der Waals surface area contributed by atoms with Crippen molar-refractivity contribution in [3.8, 4) is 11.3 Å². The van der Waals surface area contributed by atoms with Gasteiger partial charge in [-0.05, 0) is 44.8 Å². The molecule has 1 saturated heterocycles. The number of piperidine rings is 1. The van der Waals surface area contributed by atoms with Crippen molar-refractivity contribution in [2.75, 3.05) is 18.4 Å². The lowest BCUT2D eigenvalue weighted by Gasteiger charge is -2.31. The predicted molar refractivity (Wildman–Crippen MR) is 98.5 cm³/mol. The first kappa shape index (κ1) is 18.4. The molecule has 2 aromatic rings. The van der Waals surface area contributed by atoms with Crippen LogP contribution in [0.25, 0.3) is 11.3 Å². The summed E-state index contributed by atoms with van der Waals surface area (Å²) < 4.78 is 39.6. The number of benzene rings is 1. The van der Waals surface area contributed by atoms with E-state index >= 15 is 0 Å². The fraction of sp³-hybridized carbons (Fsp3) is 0.474. The zero-order valence-electron chi connectivity index (χ0n) is 14.6. The summed E-state index contributed by atoms with van der Waals surface area (Å²) in [6, 6.07) is 6.06. The number of aromatic nitrogens is 1. The van der Waals surface area contributed by atoms with Gasteiger partial charge in [0.25, 0.3) is 0 Å². The van der Waals surface area contributed by atoms with Crippen LogP contribution in [0.1, 0.15) is 31.2 Å². The monoisotopic (exact) mass is 395 g/mol. The molecule has 1 aliphatic carbocycles. The highest BCUT2D eigenvalue weighted by Crippen LogP contribution is 2.38. The molecule has 1 aromatic heterocycles. The second kappa shape index (κ2) is 7.24. The van der Waals surface area contributed by atoms with E-state index in [-0.39, 0.29) is 23.1 Å². The van der Waals surface area contributed by atoms with Crippen molar-refractivity contribution < 1.29 is 18.0 Å². The van der Waals surface area contributed by atoms with Crippen molar-refractivity contribution in [1.29, 1.82) is 0 Å². The molecule has 0 radical (unpaired) electrons. The second-order valence-electron chi connectivity index (χ2n) is 7.11. The van der Waals surface area contributed by atoms with Gasteiger partial charge in [-0.1, -0.05) is 18.2 Å². The average Bonchev–Trinajstić information content (AvgIpc) is 3.40. The van der Waals surface area contributed by atoms with E-state index in [1.54, 1.807) is 11.4 Å². The molecule has 2 heterocycles. The molecule has 4 rings (SSSR count). The fourth-order valence-corrected chi connectivity index (χ4v) is 4.30. The van der Waals surface area contributed by atoms with Crippen LogP contribution < -0.4 is 5.32 Å². The summed E-state index contributed by atoms with van der Waals surface area (Å²) in [7, 11) is 0. The largest absolute Gasteiger partial charge is 0.417 e. The van der Waals surface area contributed by atoms with Gasteiger partial charge >= 0.3 is 6.18 Å². The van der Waals surface area contributed by atoms with Gasteiger partial charge in [-0.3, -0.25) is 4.79 Å². The maximum Gasteiger partial charge on any atom is 0.417 e. The molecule has 2 aliphatic rings. The molecule has 8 heteroatoms. The molecule has 4 nitrogen and oxygen atoms in total. The predicted octanol–water partition coefficient (Wildman–Crippen LogP) is 4.64. The molecule has 27 heavy (non-hydrogen) atoms. The number of alkyl halides is 3. The molecule has 1 saturated carbocycles. The van der Waals surface area contributed by atoms with Gasteiger partial charge in [-0.2, -0.15) is 13.2 Å². The maximum absolute atomic E-state index is 13.2. The molecule has 0 bridgehead atoms. The Labute approximate surface area is 159 Å². The lowest BCUT2D eigenvalue weighted by Crippen LogP contribution is -2.39. The molecule has 0 spiro atoms. The second-order valence-corrected chi connectivity index (χ2v) is 7.97. The first-order chi connectivity index (χ1) is 12.9. The number of carbonyl (C=O) groups excluding carboxylic acids is 1. The smallest absolute Gasteiger partial charge is 0.302 e. The molecule has 2 fully saturated rings. The number of nitrogens with zero attached hydrogens (tertiary/aromatic N) is 2. The Morgan fingerprint density at radius 1 is 1.15 bits per heavy atom. The van der Waals surface area contributed by atoms with Gasteiger partial charge in [0.15, 0.2) is 5.13 Å². The van der Waals surface area contributed by atoms with E-state index in [4.69, 9.17) is 0 Å². The summed E-state index contributed by atoms with van der Waals surface area (Å²) in [5, 5.41) is 4.68. The number of thiazole rings is 1. The third kappa shape index (κ3) is 4.16. The first-order valence-electron chi connectivity index (χ1n) is 9.09. The van der Waals surface area contributed by atoms with Crippen LogP contribution in [-0.4, -0.2) is 34.9 Å². The van der Waals surface area contributed by atoms with Gasteiger partial charge in [-0.15, -0.1) is 11.3 Å². The maximum atomic E-state index is 13.2. The van der Waals surface area contributed by atoms with E-state index in [9.17, 15) is 18.0 Å². The number of halogens is 3. The van der Waals surface area contributed by atoms with E-state index in [1.807, 2.05) is 0 Å². The van der Waals surface area contributed by atoms with Crippen molar-refractivity contribution in [1.82, 2.24) is 9.88 Å². The number of likely N-dealkylation sites (tertiary alicyclic amines) is 1. The fourth-order valence-electron chi connectivity index (χ4n) is 3.58. The lowest BCUT2D eigenvalue weighted by atomic mass is 9.96. The number of amides is 1. The topological polar surface area (TPSA) is 45.2 Å². The lowest BCUT2D eigenvalue weighted by molar-refractivity contribution is -0.137. The van der Waals surface area contributed by atoms with Crippen LogP contribution in [0, 0.1) is 5.92 Å². The third-order valence-corrected chi connectivity index (χ3v) is 5.96. The van der Waals surface area contributed by atoms with Gasteiger partial charge in [0.2, 0.25) is 5.91 Å². The van der Waals surface area contributed by atoms with Crippen LogP contribution in [0.4, 0.5) is 18.3 Å². The van der Waals surface area contributed by atoms with Crippen molar-refractivity contribution in [3.63, 3.8) is 0 Å². The van der Waals surface area contributed by atoms with E-state index < -0.39 is 11.7 Å².